The molecule has 0 N–H and O–H groups in total. The minimum absolute atomic E-state index is 0.0252. The highest BCUT2D eigenvalue weighted by molar-refractivity contribution is 7.14. The smallest absolute Gasteiger partial charge is 0.354 e. The molecule has 0 aliphatic heterocycles. The van der Waals surface area contributed by atoms with Crippen LogP contribution in [-0.4, -0.2) is 17.1 Å². The zero-order chi connectivity index (χ0) is 18.8. The van der Waals surface area contributed by atoms with Crippen LogP contribution in [0.3, 0.4) is 0 Å². The molecule has 0 aliphatic carbocycles. The van der Waals surface area contributed by atoms with Crippen molar-refractivity contribution < 1.29 is 13.9 Å². The average molecular weight is 389 g/mol. The van der Waals surface area contributed by atoms with Crippen LogP contribution >= 0.6 is 22.9 Å². The molecular weight excluding hydrogens is 375 g/mol. The Morgan fingerprint density at radius 2 is 1.96 bits per heavy atom. The van der Waals surface area contributed by atoms with E-state index in [0.29, 0.717) is 10.6 Å². The van der Waals surface area contributed by atoms with Crippen LogP contribution in [-0.2, 0) is 11.8 Å². The second-order valence-corrected chi connectivity index (χ2v) is 6.75. The first-order valence-electron chi connectivity index (χ1n) is 7.76. The Balaban J connectivity index is 2.14. The van der Waals surface area contributed by atoms with E-state index in [9.17, 15) is 9.18 Å². The molecule has 0 fully saturated rings. The number of thiophene rings is 1. The number of carbonyl (C=O) groups is 1. The molecule has 1 aromatic carbocycles. The molecule has 0 aliphatic rings. The molecule has 2 heterocycles. The van der Waals surface area contributed by atoms with Crippen LogP contribution in [0.4, 0.5) is 10.1 Å². The van der Waals surface area contributed by atoms with Crippen molar-refractivity contribution in [3.05, 3.63) is 63.8 Å². The number of rotatable bonds is 4. The number of hydrogen-bond donors (Lipinski definition) is 0. The van der Waals surface area contributed by atoms with Gasteiger partial charge in [0.2, 0.25) is 11.6 Å². The fourth-order valence-electron chi connectivity index (χ4n) is 2.74. The molecule has 7 heteroatoms. The maximum absolute atomic E-state index is 14.5. The summed E-state index contributed by atoms with van der Waals surface area (Å²) in [5, 5.41) is 2.55. The Kier molecular flexibility index (Phi) is 5.12. The van der Waals surface area contributed by atoms with Gasteiger partial charge in [-0.25, -0.2) is 14.0 Å². The SMILES string of the molecule is [C-]#[N+]c1c(-c2ccc(-c3sccc3Cl)cc2)c(C(=O)OCC)n(C)c1F. The molecular formula is C19H14ClFN2O2S. The second-order valence-electron chi connectivity index (χ2n) is 5.43. The topological polar surface area (TPSA) is 35.6 Å². The number of hydrogen-bond acceptors (Lipinski definition) is 3. The van der Waals surface area contributed by atoms with Crippen molar-refractivity contribution in [2.24, 2.45) is 7.05 Å². The third-order valence-electron chi connectivity index (χ3n) is 3.93. The van der Waals surface area contributed by atoms with Crippen molar-refractivity contribution in [3.63, 3.8) is 0 Å². The molecule has 2 aromatic heterocycles. The Morgan fingerprint density at radius 3 is 2.50 bits per heavy atom. The maximum Gasteiger partial charge on any atom is 0.354 e. The zero-order valence-corrected chi connectivity index (χ0v) is 15.6. The van der Waals surface area contributed by atoms with Crippen molar-refractivity contribution in [1.82, 2.24) is 4.57 Å². The second kappa shape index (κ2) is 7.32. The third-order valence-corrected chi connectivity index (χ3v) is 5.32. The zero-order valence-electron chi connectivity index (χ0n) is 14.0. The van der Waals surface area contributed by atoms with Gasteiger partial charge in [0.25, 0.3) is 0 Å². The van der Waals surface area contributed by atoms with Crippen LogP contribution in [0, 0.1) is 12.5 Å². The predicted molar refractivity (Wildman–Crippen MR) is 101 cm³/mol. The number of aromatic nitrogens is 1. The highest BCUT2D eigenvalue weighted by atomic mass is 35.5. The van der Waals surface area contributed by atoms with Gasteiger partial charge in [-0.3, -0.25) is 0 Å². The van der Waals surface area contributed by atoms with Crippen molar-refractivity contribution in [2.75, 3.05) is 6.61 Å². The lowest BCUT2D eigenvalue weighted by Gasteiger charge is -2.08. The minimum atomic E-state index is -0.761. The van der Waals surface area contributed by atoms with Crippen molar-refractivity contribution in [2.45, 2.75) is 6.92 Å². The van der Waals surface area contributed by atoms with E-state index >= 15 is 0 Å². The fourth-order valence-corrected chi connectivity index (χ4v) is 3.92. The van der Waals surface area contributed by atoms with Crippen LogP contribution in [0.2, 0.25) is 5.02 Å². The van der Waals surface area contributed by atoms with E-state index in [4.69, 9.17) is 22.9 Å². The number of halogens is 2. The van der Waals surface area contributed by atoms with Gasteiger partial charge in [0.1, 0.15) is 5.69 Å². The van der Waals surface area contributed by atoms with Gasteiger partial charge in [-0.2, -0.15) is 0 Å². The van der Waals surface area contributed by atoms with Gasteiger partial charge in [-0.1, -0.05) is 35.9 Å². The highest BCUT2D eigenvalue weighted by Gasteiger charge is 2.28. The van der Waals surface area contributed by atoms with Gasteiger partial charge in [0.05, 0.1) is 23.1 Å². The Hall–Kier alpha value is -2.62. The van der Waals surface area contributed by atoms with Gasteiger partial charge >= 0.3 is 5.97 Å². The maximum atomic E-state index is 14.5. The summed E-state index contributed by atoms with van der Waals surface area (Å²) in [6.45, 7) is 9.15. The fraction of sp³-hybridized carbons (Fsp3) is 0.158. The molecule has 132 valence electrons. The molecule has 0 saturated heterocycles. The molecule has 0 bridgehead atoms. The van der Waals surface area contributed by atoms with Gasteiger partial charge in [0.15, 0.2) is 0 Å². The van der Waals surface area contributed by atoms with E-state index in [1.165, 1.54) is 18.4 Å². The lowest BCUT2D eigenvalue weighted by molar-refractivity contribution is 0.0514. The van der Waals surface area contributed by atoms with E-state index in [0.717, 1.165) is 15.0 Å². The number of benzene rings is 1. The van der Waals surface area contributed by atoms with Gasteiger partial charge in [-0.15, -0.1) is 11.3 Å². The third kappa shape index (κ3) is 3.00. The van der Waals surface area contributed by atoms with Gasteiger partial charge in [0, 0.05) is 12.6 Å². The first-order valence-corrected chi connectivity index (χ1v) is 9.01. The van der Waals surface area contributed by atoms with Gasteiger partial charge in [-0.05, 0) is 29.5 Å². The molecule has 0 spiro atoms. The van der Waals surface area contributed by atoms with Crippen molar-refractivity contribution in [3.8, 4) is 21.6 Å². The van der Waals surface area contributed by atoms with Crippen LogP contribution in [0.5, 0.6) is 0 Å². The van der Waals surface area contributed by atoms with E-state index in [1.54, 1.807) is 19.1 Å². The Labute approximate surface area is 159 Å². The number of esters is 1. The molecule has 0 radical (unpaired) electrons. The minimum Gasteiger partial charge on any atom is -0.461 e. The summed E-state index contributed by atoms with van der Waals surface area (Å²) in [5.41, 5.74) is 1.54. The monoisotopic (exact) mass is 388 g/mol. The van der Waals surface area contributed by atoms with Crippen molar-refractivity contribution in [1.29, 1.82) is 0 Å². The molecule has 26 heavy (non-hydrogen) atoms. The summed E-state index contributed by atoms with van der Waals surface area (Å²) in [4.78, 5) is 16.5. The Morgan fingerprint density at radius 1 is 1.31 bits per heavy atom. The summed E-state index contributed by atoms with van der Waals surface area (Å²) in [6.07, 6.45) is 0. The van der Waals surface area contributed by atoms with Crippen LogP contribution < -0.4 is 0 Å². The summed E-state index contributed by atoms with van der Waals surface area (Å²) in [6, 6.07) is 8.98. The summed E-state index contributed by atoms with van der Waals surface area (Å²) >= 11 is 7.68. The molecule has 3 rings (SSSR count). The predicted octanol–water partition coefficient (Wildman–Crippen LogP) is 5.94. The molecule has 0 saturated carbocycles. The molecule has 0 unspecified atom stereocenters. The largest absolute Gasteiger partial charge is 0.461 e. The van der Waals surface area contributed by atoms with Crippen LogP contribution in [0.25, 0.3) is 26.4 Å². The lowest BCUT2D eigenvalue weighted by atomic mass is 10.0. The molecule has 4 nitrogen and oxygen atoms in total. The lowest BCUT2D eigenvalue weighted by Crippen LogP contribution is -2.11. The quantitative estimate of drug-likeness (QED) is 0.409. The number of nitrogens with zero attached hydrogens (tertiary/aromatic N) is 2. The highest BCUT2D eigenvalue weighted by Crippen LogP contribution is 2.40. The van der Waals surface area contributed by atoms with E-state index in [-0.39, 0.29) is 23.6 Å². The summed E-state index contributed by atoms with van der Waals surface area (Å²) in [5.74, 6) is -1.42. The molecule has 0 amide bonds. The van der Waals surface area contributed by atoms with E-state index in [2.05, 4.69) is 4.85 Å². The van der Waals surface area contributed by atoms with E-state index < -0.39 is 11.9 Å². The van der Waals surface area contributed by atoms with E-state index in [1.807, 2.05) is 23.6 Å². The first kappa shape index (κ1) is 18.2. The van der Waals surface area contributed by atoms with Crippen LogP contribution in [0.1, 0.15) is 17.4 Å². The average Bonchev–Trinajstić information content (AvgIpc) is 3.17. The molecule has 3 aromatic rings. The molecule has 0 atom stereocenters. The summed E-state index contributed by atoms with van der Waals surface area (Å²) < 4.78 is 20.5. The normalized spacial score (nSPS) is 10.6. The summed E-state index contributed by atoms with van der Waals surface area (Å²) in [7, 11) is 1.40. The van der Waals surface area contributed by atoms with Crippen molar-refractivity contribution >= 4 is 34.6 Å². The number of carbonyl (C=O) groups excluding carboxylic acids is 1. The first-order chi connectivity index (χ1) is 12.5. The standard InChI is InChI=1S/C19H14ClFN2O2S/c1-4-25-19(24)16-14(15(22-2)18(21)23(16)3)11-5-7-12(8-6-11)17-13(20)9-10-26-17/h5-10H,4H2,1,3H3. The number of ether oxygens (including phenoxy) is 1. The van der Waals surface area contributed by atoms with Crippen LogP contribution in [0.15, 0.2) is 35.7 Å². The Bertz CT molecular complexity index is 1020. The van der Waals surface area contributed by atoms with Gasteiger partial charge < -0.3 is 9.30 Å².